The Morgan fingerprint density at radius 3 is 2.86 bits per heavy atom. The molecule has 0 aliphatic heterocycles. The van der Waals surface area contributed by atoms with Crippen LogP contribution in [0.15, 0.2) is 23.4 Å². The largest absolute Gasteiger partial charge is 0.481 e. The van der Waals surface area contributed by atoms with Crippen molar-refractivity contribution in [3.05, 3.63) is 23.8 Å². The van der Waals surface area contributed by atoms with Gasteiger partial charge in [-0.15, -0.1) is 0 Å². The van der Waals surface area contributed by atoms with Crippen molar-refractivity contribution in [3.8, 4) is 0 Å². The zero-order valence-electron chi connectivity index (χ0n) is 12.2. The summed E-state index contributed by atoms with van der Waals surface area (Å²) in [7, 11) is 0. The van der Waals surface area contributed by atoms with Crippen LogP contribution in [0.1, 0.15) is 43.7 Å². The van der Waals surface area contributed by atoms with E-state index < -0.39 is 5.97 Å². The average Bonchev–Trinajstić information content (AvgIpc) is 2.83. The van der Waals surface area contributed by atoms with E-state index in [-0.39, 0.29) is 5.75 Å². The number of fused-ring (bicyclic) bond motifs is 1. The normalized spacial score (nSPS) is 16.4. The van der Waals surface area contributed by atoms with Crippen molar-refractivity contribution in [3.63, 3.8) is 0 Å². The van der Waals surface area contributed by atoms with Gasteiger partial charge in [0.1, 0.15) is 0 Å². The number of carbonyl (C=O) groups is 1. The Labute approximate surface area is 128 Å². The molecule has 2 aromatic rings. The van der Waals surface area contributed by atoms with Gasteiger partial charge in [0.25, 0.3) is 0 Å². The molecule has 0 unspecified atom stereocenters. The van der Waals surface area contributed by atoms with Crippen molar-refractivity contribution >= 4 is 28.8 Å². The van der Waals surface area contributed by atoms with Crippen molar-refractivity contribution in [1.82, 2.24) is 9.55 Å². The second-order valence-electron chi connectivity index (χ2n) is 5.73. The minimum absolute atomic E-state index is 0.0645. The Balaban J connectivity index is 2.04. The van der Waals surface area contributed by atoms with Gasteiger partial charge < -0.3 is 9.67 Å². The minimum Gasteiger partial charge on any atom is -0.481 e. The number of rotatable bonds is 4. The summed E-state index contributed by atoms with van der Waals surface area (Å²) in [5.74, 6) is -0.729. The number of aryl methyl sites for hydroxylation is 1. The van der Waals surface area contributed by atoms with Gasteiger partial charge >= 0.3 is 5.97 Å². The van der Waals surface area contributed by atoms with E-state index in [0.29, 0.717) is 6.04 Å². The van der Waals surface area contributed by atoms with Crippen LogP contribution in [0.3, 0.4) is 0 Å². The summed E-state index contributed by atoms with van der Waals surface area (Å²) < 4.78 is 2.29. The molecule has 4 nitrogen and oxygen atoms in total. The first-order valence-corrected chi connectivity index (χ1v) is 8.47. The quantitative estimate of drug-likeness (QED) is 0.867. The van der Waals surface area contributed by atoms with Crippen LogP contribution in [-0.2, 0) is 4.79 Å². The summed E-state index contributed by atoms with van der Waals surface area (Å²) in [6.45, 7) is 2.09. The van der Waals surface area contributed by atoms with Gasteiger partial charge in [-0.2, -0.15) is 0 Å². The molecule has 1 aromatic heterocycles. The third-order valence-electron chi connectivity index (χ3n) is 4.08. The molecule has 0 spiro atoms. The molecule has 0 bridgehead atoms. The highest BCUT2D eigenvalue weighted by Gasteiger charge is 2.22. The number of carboxylic acid groups (broad SMARTS) is 1. The maximum Gasteiger partial charge on any atom is 0.313 e. The molecule has 1 N–H and O–H groups in total. The topological polar surface area (TPSA) is 55.1 Å². The number of imidazole rings is 1. The van der Waals surface area contributed by atoms with Crippen molar-refractivity contribution in [1.29, 1.82) is 0 Å². The van der Waals surface area contributed by atoms with Crippen LogP contribution in [0.25, 0.3) is 11.0 Å². The molecule has 1 fully saturated rings. The first kappa shape index (κ1) is 14.4. The monoisotopic (exact) mass is 304 g/mol. The molecule has 1 aliphatic carbocycles. The smallest absolute Gasteiger partial charge is 0.313 e. The number of benzene rings is 1. The molecule has 1 heterocycles. The van der Waals surface area contributed by atoms with E-state index in [1.807, 2.05) is 6.07 Å². The molecule has 1 aliphatic rings. The van der Waals surface area contributed by atoms with Crippen LogP contribution in [0.2, 0.25) is 0 Å². The van der Waals surface area contributed by atoms with E-state index in [0.717, 1.165) is 16.2 Å². The molecule has 0 radical (unpaired) electrons. The second kappa shape index (κ2) is 6.10. The molecule has 0 atom stereocenters. The van der Waals surface area contributed by atoms with Gasteiger partial charge in [0.15, 0.2) is 5.16 Å². The van der Waals surface area contributed by atoms with Crippen LogP contribution in [0.5, 0.6) is 0 Å². The zero-order chi connectivity index (χ0) is 14.8. The predicted molar refractivity (Wildman–Crippen MR) is 85.0 cm³/mol. The Hall–Kier alpha value is -1.49. The SMILES string of the molecule is Cc1ccc2nc(SCC(=O)O)n(C3CCCCC3)c2c1. The van der Waals surface area contributed by atoms with Gasteiger partial charge in [-0.25, -0.2) is 4.98 Å². The Bertz CT molecular complexity index is 660. The highest BCUT2D eigenvalue weighted by molar-refractivity contribution is 7.99. The van der Waals surface area contributed by atoms with Crippen molar-refractivity contribution in [2.24, 2.45) is 0 Å². The zero-order valence-corrected chi connectivity index (χ0v) is 13.0. The third-order valence-corrected chi connectivity index (χ3v) is 5.01. The highest BCUT2D eigenvalue weighted by Crippen LogP contribution is 2.35. The lowest BCUT2D eigenvalue weighted by Crippen LogP contribution is -2.14. The number of nitrogens with zero attached hydrogens (tertiary/aromatic N) is 2. The summed E-state index contributed by atoms with van der Waals surface area (Å²) in [6, 6.07) is 6.73. The summed E-state index contributed by atoms with van der Waals surface area (Å²) in [4.78, 5) is 15.5. The average molecular weight is 304 g/mol. The van der Waals surface area contributed by atoms with Gasteiger partial charge in [-0.3, -0.25) is 4.79 Å². The minimum atomic E-state index is -0.793. The van der Waals surface area contributed by atoms with Gasteiger partial charge in [-0.05, 0) is 37.5 Å². The van der Waals surface area contributed by atoms with Crippen molar-refractivity contribution in [2.75, 3.05) is 5.75 Å². The number of hydrogen-bond donors (Lipinski definition) is 1. The predicted octanol–water partition coefficient (Wildman–Crippen LogP) is 4.03. The molecule has 5 heteroatoms. The highest BCUT2D eigenvalue weighted by atomic mass is 32.2. The van der Waals surface area contributed by atoms with E-state index in [2.05, 4.69) is 28.6 Å². The molecule has 3 rings (SSSR count). The fraction of sp³-hybridized carbons (Fsp3) is 0.500. The molecule has 0 amide bonds. The molecular formula is C16H20N2O2S. The maximum atomic E-state index is 10.9. The Kier molecular flexibility index (Phi) is 4.19. The summed E-state index contributed by atoms with van der Waals surface area (Å²) in [6.07, 6.45) is 6.14. The van der Waals surface area contributed by atoms with E-state index in [1.165, 1.54) is 49.4 Å². The van der Waals surface area contributed by atoms with Crippen LogP contribution < -0.4 is 0 Å². The van der Waals surface area contributed by atoms with E-state index in [4.69, 9.17) is 5.11 Å². The Morgan fingerprint density at radius 1 is 1.38 bits per heavy atom. The lowest BCUT2D eigenvalue weighted by Gasteiger charge is -2.25. The number of thioether (sulfide) groups is 1. The lowest BCUT2D eigenvalue weighted by atomic mass is 9.95. The van der Waals surface area contributed by atoms with E-state index >= 15 is 0 Å². The number of carboxylic acids is 1. The molecule has 1 saturated carbocycles. The van der Waals surface area contributed by atoms with Crippen LogP contribution in [0.4, 0.5) is 0 Å². The van der Waals surface area contributed by atoms with Crippen LogP contribution in [-0.4, -0.2) is 26.4 Å². The lowest BCUT2D eigenvalue weighted by molar-refractivity contribution is -0.133. The van der Waals surface area contributed by atoms with Gasteiger partial charge in [0.05, 0.1) is 16.8 Å². The fourth-order valence-corrected chi connectivity index (χ4v) is 3.90. The third kappa shape index (κ3) is 3.07. The van der Waals surface area contributed by atoms with Gasteiger partial charge in [0, 0.05) is 6.04 Å². The number of aliphatic carboxylic acids is 1. The summed E-state index contributed by atoms with van der Waals surface area (Å²) >= 11 is 1.33. The summed E-state index contributed by atoms with van der Waals surface area (Å²) in [5, 5.41) is 9.79. The number of hydrogen-bond acceptors (Lipinski definition) is 3. The van der Waals surface area contributed by atoms with Crippen LogP contribution >= 0.6 is 11.8 Å². The standard InChI is InChI=1S/C16H20N2O2S/c1-11-7-8-13-14(9-11)18(12-5-3-2-4-6-12)16(17-13)21-10-15(19)20/h7-9,12H,2-6,10H2,1H3,(H,19,20). The van der Waals surface area contributed by atoms with Crippen LogP contribution in [0, 0.1) is 6.92 Å². The fourth-order valence-electron chi connectivity index (χ4n) is 3.10. The van der Waals surface area contributed by atoms with E-state index in [9.17, 15) is 4.79 Å². The molecular weight excluding hydrogens is 284 g/mol. The first-order chi connectivity index (χ1) is 10.1. The Morgan fingerprint density at radius 2 is 2.14 bits per heavy atom. The van der Waals surface area contributed by atoms with Crippen molar-refractivity contribution < 1.29 is 9.90 Å². The van der Waals surface area contributed by atoms with Gasteiger partial charge in [-0.1, -0.05) is 37.1 Å². The first-order valence-electron chi connectivity index (χ1n) is 7.48. The molecule has 112 valence electrons. The number of aromatic nitrogens is 2. The van der Waals surface area contributed by atoms with Gasteiger partial charge in [0.2, 0.25) is 0 Å². The molecule has 1 aromatic carbocycles. The van der Waals surface area contributed by atoms with Crippen molar-refractivity contribution in [2.45, 2.75) is 50.2 Å². The molecule has 21 heavy (non-hydrogen) atoms. The maximum absolute atomic E-state index is 10.9. The summed E-state index contributed by atoms with van der Waals surface area (Å²) in [5.41, 5.74) is 3.34. The van der Waals surface area contributed by atoms with E-state index in [1.54, 1.807) is 0 Å². The second-order valence-corrected chi connectivity index (χ2v) is 6.67. The molecule has 0 saturated heterocycles.